The predicted octanol–water partition coefficient (Wildman–Crippen LogP) is 4.20. The third-order valence-corrected chi connectivity index (χ3v) is 3.88. The Bertz CT molecular complexity index is 802. The largest absolute Gasteiger partial charge is 0.250 e. The van der Waals surface area contributed by atoms with Crippen LogP contribution in [0.3, 0.4) is 0 Å². The van der Waals surface area contributed by atoms with Crippen molar-refractivity contribution >= 4 is 41.4 Å². The maximum Gasteiger partial charge on any atom is 0.216 e. The van der Waals surface area contributed by atoms with Crippen LogP contribution in [-0.2, 0) is 0 Å². The van der Waals surface area contributed by atoms with E-state index < -0.39 is 0 Å². The van der Waals surface area contributed by atoms with E-state index in [0.29, 0.717) is 15.6 Å². The molecule has 20 heavy (non-hydrogen) atoms. The Kier molecular flexibility index (Phi) is 3.77. The second kappa shape index (κ2) is 5.70. The first kappa shape index (κ1) is 13.2. The lowest BCUT2D eigenvalue weighted by Crippen LogP contribution is -1.94. The summed E-state index contributed by atoms with van der Waals surface area (Å²) in [6.45, 7) is 0. The molecular formula is C13H9ClN4S2. The van der Waals surface area contributed by atoms with Gasteiger partial charge in [0.2, 0.25) is 4.77 Å². The molecular weight excluding hydrogens is 312 g/mol. The number of aromatic amines is 1. The van der Waals surface area contributed by atoms with Gasteiger partial charge in [0.15, 0.2) is 5.82 Å². The van der Waals surface area contributed by atoms with Crippen LogP contribution in [0.1, 0.15) is 4.88 Å². The predicted molar refractivity (Wildman–Crippen MR) is 85.2 cm³/mol. The van der Waals surface area contributed by atoms with Crippen LogP contribution < -0.4 is 0 Å². The molecule has 4 nitrogen and oxygen atoms in total. The van der Waals surface area contributed by atoms with Crippen LogP contribution in [-0.4, -0.2) is 21.1 Å². The molecule has 0 saturated heterocycles. The molecule has 0 fully saturated rings. The van der Waals surface area contributed by atoms with E-state index in [9.17, 15) is 0 Å². The molecule has 0 aliphatic carbocycles. The summed E-state index contributed by atoms with van der Waals surface area (Å²) in [6.07, 6.45) is 1.75. The molecule has 0 unspecified atom stereocenters. The van der Waals surface area contributed by atoms with E-state index >= 15 is 0 Å². The zero-order valence-corrected chi connectivity index (χ0v) is 12.5. The van der Waals surface area contributed by atoms with Crippen LogP contribution in [0.2, 0.25) is 5.02 Å². The van der Waals surface area contributed by atoms with E-state index in [-0.39, 0.29) is 0 Å². The highest BCUT2D eigenvalue weighted by Gasteiger charge is 2.08. The molecule has 0 aliphatic heterocycles. The Morgan fingerprint density at radius 3 is 3.00 bits per heavy atom. The monoisotopic (exact) mass is 320 g/mol. The summed E-state index contributed by atoms with van der Waals surface area (Å²) in [5, 5.41) is 14.0. The van der Waals surface area contributed by atoms with Gasteiger partial charge in [0.25, 0.3) is 0 Å². The molecule has 2 aromatic heterocycles. The third kappa shape index (κ3) is 2.72. The van der Waals surface area contributed by atoms with Crippen LogP contribution in [0.25, 0.3) is 11.4 Å². The van der Waals surface area contributed by atoms with Crippen molar-refractivity contribution in [2.45, 2.75) is 0 Å². The molecule has 0 bridgehead atoms. The summed E-state index contributed by atoms with van der Waals surface area (Å²) >= 11 is 12.8. The van der Waals surface area contributed by atoms with Crippen LogP contribution in [0.15, 0.2) is 46.9 Å². The first-order chi connectivity index (χ1) is 9.74. The molecule has 0 aliphatic rings. The van der Waals surface area contributed by atoms with Gasteiger partial charge in [-0.15, -0.1) is 11.3 Å². The van der Waals surface area contributed by atoms with E-state index in [1.807, 2.05) is 41.8 Å². The van der Waals surface area contributed by atoms with E-state index in [1.54, 1.807) is 22.2 Å². The number of thiophene rings is 1. The third-order valence-electron chi connectivity index (χ3n) is 2.58. The van der Waals surface area contributed by atoms with Gasteiger partial charge >= 0.3 is 0 Å². The van der Waals surface area contributed by atoms with Gasteiger partial charge in [0, 0.05) is 15.5 Å². The number of hydrogen-bond donors (Lipinski definition) is 1. The fourth-order valence-electron chi connectivity index (χ4n) is 1.69. The Labute approximate surface area is 129 Å². The second-order valence-corrected chi connectivity index (χ2v) is 5.74. The lowest BCUT2D eigenvalue weighted by Gasteiger charge is -2.00. The normalized spacial score (nSPS) is 11.2. The zero-order valence-electron chi connectivity index (χ0n) is 10.2. The number of nitrogens with zero attached hydrogens (tertiary/aromatic N) is 3. The fraction of sp³-hybridized carbons (Fsp3) is 0. The van der Waals surface area contributed by atoms with Gasteiger partial charge in [-0.1, -0.05) is 29.8 Å². The van der Waals surface area contributed by atoms with Crippen LogP contribution in [0.5, 0.6) is 0 Å². The lowest BCUT2D eigenvalue weighted by atomic mass is 10.2. The fourth-order valence-corrected chi connectivity index (χ4v) is 2.64. The summed E-state index contributed by atoms with van der Waals surface area (Å²) < 4.78 is 2.02. The minimum absolute atomic E-state index is 0.438. The van der Waals surface area contributed by atoms with Crippen molar-refractivity contribution in [3.63, 3.8) is 0 Å². The standard InChI is InChI=1S/C13H9ClN4S2/c14-10-4-1-3-9(7-10)12-16-17-13(19)18(12)15-8-11-5-2-6-20-11/h1-8H,(H,17,19)/b15-8+. The zero-order chi connectivity index (χ0) is 13.9. The van der Waals surface area contributed by atoms with Crippen LogP contribution in [0.4, 0.5) is 0 Å². The van der Waals surface area contributed by atoms with Crippen molar-refractivity contribution in [1.82, 2.24) is 14.9 Å². The highest BCUT2D eigenvalue weighted by Crippen LogP contribution is 2.21. The van der Waals surface area contributed by atoms with Crippen LogP contribution in [0, 0.1) is 4.77 Å². The van der Waals surface area contributed by atoms with E-state index in [4.69, 9.17) is 23.8 Å². The first-order valence-corrected chi connectivity index (χ1v) is 7.42. The molecule has 0 spiro atoms. The van der Waals surface area contributed by atoms with Gasteiger partial charge in [-0.05, 0) is 35.8 Å². The number of hydrogen-bond acceptors (Lipinski definition) is 4. The van der Waals surface area contributed by atoms with Crippen molar-refractivity contribution in [2.75, 3.05) is 0 Å². The average Bonchev–Trinajstić information content (AvgIpc) is 3.06. The molecule has 2 heterocycles. The Hall–Kier alpha value is -1.76. The van der Waals surface area contributed by atoms with Crippen molar-refractivity contribution < 1.29 is 0 Å². The van der Waals surface area contributed by atoms with Gasteiger partial charge in [0.1, 0.15) is 0 Å². The number of halogens is 1. The van der Waals surface area contributed by atoms with Crippen LogP contribution >= 0.6 is 35.2 Å². The van der Waals surface area contributed by atoms with E-state index in [1.165, 1.54) is 0 Å². The van der Waals surface area contributed by atoms with E-state index in [2.05, 4.69) is 15.3 Å². The van der Waals surface area contributed by atoms with Crippen molar-refractivity contribution in [2.24, 2.45) is 5.10 Å². The molecule has 0 amide bonds. The maximum atomic E-state index is 6.00. The Balaban J connectivity index is 2.04. The number of rotatable bonds is 3. The van der Waals surface area contributed by atoms with Gasteiger partial charge < -0.3 is 0 Å². The van der Waals surface area contributed by atoms with Crippen molar-refractivity contribution in [3.8, 4) is 11.4 Å². The molecule has 1 aromatic carbocycles. The summed E-state index contributed by atoms with van der Waals surface area (Å²) in [5.74, 6) is 0.630. The van der Waals surface area contributed by atoms with Crippen molar-refractivity contribution in [1.29, 1.82) is 0 Å². The topological polar surface area (TPSA) is 46.0 Å². The first-order valence-electron chi connectivity index (χ1n) is 5.75. The van der Waals surface area contributed by atoms with E-state index in [0.717, 1.165) is 10.4 Å². The molecule has 100 valence electrons. The number of nitrogens with one attached hydrogen (secondary N) is 1. The summed E-state index contributed by atoms with van der Waals surface area (Å²) in [6, 6.07) is 11.4. The molecule has 3 rings (SSSR count). The summed E-state index contributed by atoms with van der Waals surface area (Å²) in [5.41, 5.74) is 0.855. The van der Waals surface area contributed by atoms with Gasteiger partial charge in [0.05, 0.1) is 6.21 Å². The highest BCUT2D eigenvalue weighted by atomic mass is 35.5. The quantitative estimate of drug-likeness (QED) is 0.580. The van der Waals surface area contributed by atoms with Gasteiger partial charge in [-0.25, -0.2) is 5.10 Å². The minimum Gasteiger partial charge on any atom is -0.250 e. The minimum atomic E-state index is 0.438. The molecule has 0 saturated carbocycles. The molecule has 1 N–H and O–H groups in total. The Morgan fingerprint density at radius 1 is 1.35 bits per heavy atom. The second-order valence-electron chi connectivity index (χ2n) is 3.93. The number of H-pyrrole nitrogens is 1. The maximum absolute atomic E-state index is 6.00. The average molecular weight is 321 g/mol. The summed E-state index contributed by atoms with van der Waals surface area (Å²) in [7, 11) is 0. The molecule has 7 heteroatoms. The Morgan fingerprint density at radius 2 is 2.25 bits per heavy atom. The van der Waals surface area contributed by atoms with Gasteiger partial charge in [-0.3, -0.25) is 0 Å². The highest BCUT2D eigenvalue weighted by molar-refractivity contribution is 7.71. The number of aromatic nitrogens is 3. The SMILES string of the molecule is S=c1[nH]nc(-c2cccc(Cl)c2)n1/N=C/c1cccs1. The molecule has 3 aromatic rings. The smallest absolute Gasteiger partial charge is 0.216 e. The van der Waals surface area contributed by atoms with Gasteiger partial charge in [-0.2, -0.15) is 14.9 Å². The lowest BCUT2D eigenvalue weighted by molar-refractivity contribution is 0.872. The molecule has 0 atom stereocenters. The molecule has 0 radical (unpaired) electrons. The van der Waals surface area contributed by atoms with Crippen molar-refractivity contribution in [3.05, 3.63) is 56.4 Å². The summed E-state index contributed by atoms with van der Waals surface area (Å²) in [4.78, 5) is 1.05. The number of benzene rings is 1.